The Hall–Kier alpha value is -2.37. The van der Waals surface area contributed by atoms with Crippen molar-refractivity contribution < 1.29 is 4.39 Å². The average molecular weight is 315 g/mol. The largest absolute Gasteiger partial charge is 0.356 e. The molecular formula is C17H22FN5. The molecule has 2 aromatic rings. The summed E-state index contributed by atoms with van der Waals surface area (Å²) in [4.78, 5) is 4.23. The fourth-order valence-corrected chi connectivity index (χ4v) is 2.72. The van der Waals surface area contributed by atoms with Crippen molar-refractivity contribution in [1.29, 1.82) is 0 Å². The Morgan fingerprint density at radius 1 is 1.39 bits per heavy atom. The highest BCUT2D eigenvalue weighted by Gasteiger charge is 2.40. The second kappa shape index (κ2) is 7.26. The molecule has 1 aromatic heterocycles. The molecule has 2 unspecified atom stereocenters. The van der Waals surface area contributed by atoms with Crippen LogP contribution in [-0.4, -0.2) is 35.4 Å². The number of guanidine groups is 1. The molecule has 6 heteroatoms. The summed E-state index contributed by atoms with van der Waals surface area (Å²) in [5.74, 6) is 0.886. The zero-order valence-electron chi connectivity index (χ0n) is 13.2. The van der Waals surface area contributed by atoms with Crippen LogP contribution in [0.4, 0.5) is 4.39 Å². The average Bonchev–Trinajstić information content (AvgIpc) is 3.12. The third-order valence-corrected chi connectivity index (χ3v) is 4.06. The second-order valence-corrected chi connectivity index (χ2v) is 5.74. The van der Waals surface area contributed by atoms with Gasteiger partial charge in [-0.2, -0.15) is 5.10 Å². The molecule has 1 aliphatic rings. The van der Waals surface area contributed by atoms with Gasteiger partial charge < -0.3 is 10.6 Å². The van der Waals surface area contributed by atoms with Crippen molar-refractivity contribution in [1.82, 2.24) is 20.4 Å². The van der Waals surface area contributed by atoms with Crippen molar-refractivity contribution >= 4 is 5.96 Å². The Labute approximate surface area is 135 Å². The SMILES string of the molecule is CN=C(NCCCn1cccn1)NC1CC1c1ccccc1F. The van der Waals surface area contributed by atoms with Gasteiger partial charge in [0.1, 0.15) is 5.82 Å². The minimum Gasteiger partial charge on any atom is -0.356 e. The normalized spacial score (nSPS) is 20.3. The predicted molar refractivity (Wildman–Crippen MR) is 88.9 cm³/mol. The van der Waals surface area contributed by atoms with Crippen LogP contribution in [-0.2, 0) is 6.54 Å². The predicted octanol–water partition coefficient (Wildman–Crippen LogP) is 2.13. The number of halogens is 1. The van der Waals surface area contributed by atoms with Gasteiger partial charge in [-0.1, -0.05) is 18.2 Å². The quantitative estimate of drug-likeness (QED) is 0.488. The monoisotopic (exact) mass is 315 g/mol. The number of benzene rings is 1. The van der Waals surface area contributed by atoms with Crippen LogP contribution in [0.5, 0.6) is 0 Å². The van der Waals surface area contributed by atoms with Crippen molar-refractivity contribution in [2.75, 3.05) is 13.6 Å². The van der Waals surface area contributed by atoms with Crippen LogP contribution < -0.4 is 10.6 Å². The lowest BCUT2D eigenvalue weighted by Crippen LogP contribution is -2.39. The van der Waals surface area contributed by atoms with Crippen molar-refractivity contribution in [3.8, 4) is 0 Å². The summed E-state index contributed by atoms with van der Waals surface area (Å²) in [7, 11) is 1.75. The summed E-state index contributed by atoms with van der Waals surface area (Å²) in [5.41, 5.74) is 0.791. The first kappa shape index (κ1) is 15.5. The van der Waals surface area contributed by atoms with Gasteiger partial charge in [-0.05, 0) is 30.5 Å². The number of rotatable bonds is 6. The van der Waals surface area contributed by atoms with E-state index in [2.05, 4.69) is 20.7 Å². The molecule has 0 spiro atoms. The number of hydrogen-bond acceptors (Lipinski definition) is 2. The molecule has 5 nitrogen and oxygen atoms in total. The molecule has 23 heavy (non-hydrogen) atoms. The summed E-state index contributed by atoms with van der Waals surface area (Å²) in [6.45, 7) is 1.69. The molecule has 1 fully saturated rings. The van der Waals surface area contributed by atoms with Crippen LogP contribution >= 0.6 is 0 Å². The van der Waals surface area contributed by atoms with E-state index >= 15 is 0 Å². The number of aromatic nitrogens is 2. The van der Waals surface area contributed by atoms with Crippen LogP contribution in [0.15, 0.2) is 47.7 Å². The van der Waals surface area contributed by atoms with E-state index in [1.807, 2.05) is 29.1 Å². The molecule has 0 amide bonds. The van der Waals surface area contributed by atoms with E-state index in [1.54, 1.807) is 19.3 Å². The van der Waals surface area contributed by atoms with Crippen molar-refractivity contribution in [2.45, 2.75) is 31.3 Å². The Morgan fingerprint density at radius 3 is 3.00 bits per heavy atom. The number of aliphatic imine (C=N–C) groups is 1. The molecule has 1 saturated carbocycles. The van der Waals surface area contributed by atoms with Gasteiger partial charge in [0.25, 0.3) is 0 Å². The minimum absolute atomic E-state index is 0.121. The van der Waals surface area contributed by atoms with Crippen LogP contribution in [0.3, 0.4) is 0 Å². The molecule has 3 rings (SSSR count). The van der Waals surface area contributed by atoms with Crippen LogP contribution in [0.25, 0.3) is 0 Å². The van der Waals surface area contributed by atoms with Gasteiger partial charge in [-0.3, -0.25) is 9.67 Å². The fourth-order valence-electron chi connectivity index (χ4n) is 2.72. The third-order valence-electron chi connectivity index (χ3n) is 4.06. The second-order valence-electron chi connectivity index (χ2n) is 5.74. The zero-order chi connectivity index (χ0) is 16.1. The highest BCUT2D eigenvalue weighted by atomic mass is 19.1. The van der Waals surface area contributed by atoms with Crippen molar-refractivity contribution in [2.24, 2.45) is 4.99 Å². The van der Waals surface area contributed by atoms with Gasteiger partial charge >= 0.3 is 0 Å². The first-order valence-corrected chi connectivity index (χ1v) is 7.97. The molecule has 2 N–H and O–H groups in total. The molecular weight excluding hydrogens is 293 g/mol. The molecule has 0 aliphatic heterocycles. The van der Waals surface area contributed by atoms with E-state index < -0.39 is 0 Å². The van der Waals surface area contributed by atoms with Crippen LogP contribution in [0.1, 0.15) is 24.3 Å². The third kappa shape index (κ3) is 4.09. The zero-order valence-corrected chi connectivity index (χ0v) is 13.2. The highest BCUT2D eigenvalue weighted by molar-refractivity contribution is 5.80. The van der Waals surface area contributed by atoms with E-state index in [9.17, 15) is 4.39 Å². The Balaban J connectivity index is 1.41. The Morgan fingerprint density at radius 2 is 2.26 bits per heavy atom. The minimum atomic E-state index is -0.121. The summed E-state index contributed by atoms with van der Waals surface area (Å²) in [6.07, 6.45) is 5.64. The lowest BCUT2D eigenvalue weighted by molar-refractivity contribution is 0.569. The first-order chi connectivity index (χ1) is 11.3. The molecule has 0 saturated heterocycles. The lowest BCUT2D eigenvalue weighted by atomic mass is 10.1. The summed E-state index contributed by atoms with van der Waals surface area (Å²) >= 11 is 0. The topological polar surface area (TPSA) is 54.2 Å². The van der Waals surface area contributed by atoms with E-state index in [4.69, 9.17) is 0 Å². The van der Waals surface area contributed by atoms with E-state index in [0.29, 0.717) is 0 Å². The number of aryl methyl sites for hydroxylation is 1. The first-order valence-electron chi connectivity index (χ1n) is 7.97. The summed E-state index contributed by atoms with van der Waals surface area (Å²) in [5, 5.41) is 10.8. The number of nitrogens with one attached hydrogen (secondary N) is 2. The summed E-state index contributed by atoms with van der Waals surface area (Å²) < 4.78 is 15.7. The van der Waals surface area contributed by atoms with Gasteiger partial charge in [0, 0.05) is 44.5 Å². The molecule has 122 valence electrons. The molecule has 1 aliphatic carbocycles. The molecule has 0 radical (unpaired) electrons. The maximum atomic E-state index is 13.8. The van der Waals surface area contributed by atoms with Crippen molar-refractivity contribution in [3.63, 3.8) is 0 Å². The number of nitrogens with zero attached hydrogens (tertiary/aromatic N) is 3. The van der Waals surface area contributed by atoms with E-state index in [0.717, 1.165) is 37.5 Å². The highest BCUT2D eigenvalue weighted by Crippen LogP contribution is 2.41. The number of hydrogen-bond donors (Lipinski definition) is 2. The molecule has 2 atom stereocenters. The molecule has 0 bridgehead atoms. The van der Waals surface area contributed by atoms with Crippen LogP contribution in [0, 0.1) is 5.82 Å². The Kier molecular flexibility index (Phi) is 4.90. The fraction of sp³-hybridized carbons (Fsp3) is 0.412. The standard InChI is InChI=1S/C17H22FN5/c1-19-17(20-8-4-10-23-11-5-9-21-23)22-16-12-14(16)13-6-2-3-7-15(13)18/h2-3,5-7,9,11,14,16H,4,8,10,12H2,1H3,(H2,19,20,22). The van der Waals surface area contributed by atoms with Gasteiger partial charge in [0.2, 0.25) is 0 Å². The smallest absolute Gasteiger partial charge is 0.191 e. The maximum absolute atomic E-state index is 13.8. The van der Waals surface area contributed by atoms with Crippen molar-refractivity contribution in [3.05, 3.63) is 54.1 Å². The Bertz CT molecular complexity index is 653. The summed E-state index contributed by atoms with van der Waals surface area (Å²) in [6, 6.07) is 9.17. The van der Waals surface area contributed by atoms with Gasteiger partial charge in [0.05, 0.1) is 0 Å². The van der Waals surface area contributed by atoms with Gasteiger partial charge in [-0.15, -0.1) is 0 Å². The van der Waals surface area contributed by atoms with Crippen LogP contribution in [0.2, 0.25) is 0 Å². The molecule has 1 heterocycles. The molecule has 1 aromatic carbocycles. The van der Waals surface area contributed by atoms with Gasteiger partial charge in [-0.25, -0.2) is 4.39 Å². The maximum Gasteiger partial charge on any atom is 0.191 e. The van der Waals surface area contributed by atoms with E-state index in [-0.39, 0.29) is 17.8 Å². The lowest BCUT2D eigenvalue weighted by Gasteiger charge is -2.12. The van der Waals surface area contributed by atoms with E-state index in [1.165, 1.54) is 6.07 Å². The van der Waals surface area contributed by atoms with Gasteiger partial charge in [0.15, 0.2) is 5.96 Å².